The van der Waals surface area contributed by atoms with E-state index in [1.165, 1.54) is 18.2 Å². The molecule has 0 aliphatic carbocycles. The quantitative estimate of drug-likeness (QED) is 0.120. The lowest BCUT2D eigenvalue weighted by molar-refractivity contribution is -0.435. The summed E-state index contributed by atoms with van der Waals surface area (Å²) >= 11 is 0. The highest BCUT2D eigenvalue weighted by molar-refractivity contribution is 5.91. The van der Waals surface area contributed by atoms with E-state index in [9.17, 15) is 14.8 Å². The van der Waals surface area contributed by atoms with E-state index in [0.717, 1.165) is 0 Å². The van der Waals surface area contributed by atoms with Crippen molar-refractivity contribution in [3.63, 3.8) is 0 Å². The molecule has 0 aliphatic rings. The van der Waals surface area contributed by atoms with E-state index in [0.29, 0.717) is 16.0 Å². The lowest BCUT2D eigenvalue weighted by Gasteiger charge is -2.06. The van der Waals surface area contributed by atoms with Crippen LogP contribution in [0.5, 0.6) is 11.5 Å². The summed E-state index contributed by atoms with van der Waals surface area (Å²) < 4.78 is 10.7. The maximum Gasteiger partial charge on any atom is 0.343 e. The van der Waals surface area contributed by atoms with Gasteiger partial charge in [0.05, 0.1) is 17.2 Å². The third-order valence-corrected chi connectivity index (χ3v) is 4.50. The van der Waals surface area contributed by atoms with E-state index in [1.807, 2.05) is 0 Å². The second-order valence-electron chi connectivity index (χ2n) is 6.88. The van der Waals surface area contributed by atoms with Crippen LogP contribution in [0.15, 0.2) is 114 Å². The maximum absolute atomic E-state index is 12.6. The molecular formula is C26H18N2O5. The Kier molecular flexibility index (Phi) is 6.51. The summed E-state index contributed by atoms with van der Waals surface area (Å²) in [6.45, 7) is 0. The fourth-order valence-corrected chi connectivity index (χ4v) is 2.92. The SMILES string of the molecule is O=C(Oc1cccc(N=[N+]([O-])c2cccc(OC(=O)c3ccccc3)c2)c1)c1ccccc1. The van der Waals surface area contributed by atoms with Gasteiger partial charge in [-0.2, -0.15) is 0 Å². The van der Waals surface area contributed by atoms with Gasteiger partial charge in [-0.1, -0.05) is 48.5 Å². The fourth-order valence-electron chi connectivity index (χ4n) is 2.92. The summed E-state index contributed by atoms with van der Waals surface area (Å²) in [5.41, 5.74) is 1.26. The first-order valence-electron chi connectivity index (χ1n) is 10.0. The van der Waals surface area contributed by atoms with Gasteiger partial charge in [0.2, 0.25) is 5.69 Å². The molecule has 0 saturated heterocycles. The van der Waals surface area contributed by atoms with Gasteiger partial charge in [-0.3, -0.25) is 0 Å². The van der Waals surface area contributed by atoms with Crippen molar-refractivity contribution in [2.75, 3.05) is 0 Å². The molecule has 7 nitrogen and oxygen atoms in total. The summed E-state index contributed by atoms with van der Waals surface area (Å²) in [6.07, 6.45) is 0. The van der Waals surface area contributed by atoms with Crippen LogP contribution in [-0.2, 0) is 0 Å². The first kappa shape index (κ1) is 21.5. The van der Waals surface area contributed by atoms with Gasteiger partial charge >= 0.3 is 11.9 Å². The van der Waals surface area contributed by atoms with Crippen LogP contribution >= 0.6 is 0 Å². The van der Waals surface area contributed by atoms with Gasteiger partial charge in [-0.05, 0) is 47.3 Å². The number of carbonyl (C=O) groups excluding carboxylic acids is 2. The van der Waals surface area contributed by atoms with Crippen molar-refractivity contribution in [1.29, 1.82) is 0 Å². The Bertz CT molecular complexity index is 1300. The fraction of sp³-hybridized carbons (Fsp3) is 0. The predicted octanol–water partition coefficient (Wildman–Crippen LogP) is 6.05. The van der Waals surface area contributed by atoms with Crippen LogP contribution in [0.25, 0.3) is 0 Å². The molecule has 0 bridgehead atoms. The predicted molar refractivity (Wildman–Crippen MR) is 121 cm³/mol. The summed E-state index contributed by atoms with van der Waals surface area (Å²) in [5, 5.41) is 16.6. The monoisotopic (exact) mass is 438 g/mol. The van der Waals surface area contributed by atoms with Gasteiger partial charge in [0.25, 0.3) is 0 Å². The lowest BCUT2D eigenvalue weighted by Crippen LogP contribution is -2.08. The molecule has 0 N–H and O–H groups in total. The number of carbonyl (C=O) groups is 2. The first-order chi connectivity index (χ1) is 16.1. The number of ether oxygens (including phenoxy) is 2. The van der Waals surface area contributed by atoms with Gasteiger partial charge in [0.15, 0.2) is 0 Å². The molecular weight excluding hydrogens is 420 g/mol. The largest absolute Gasteiger partial charge is 0.594 e. The molecule has 4 rings (SSSR count). The number of rotatable bonds is 6. The zero-order chi connectivity index (χ0) is 23.0. The third kappa shape index (κ3) is 5.68. The summed E-state index contributed by atoms with van der Waals surface area (Å²) in [5.74, 6) is -0.582. The molecule has 0 aliphatic heterocycles. The Morgan fingerprint density at radius 3 is 1.73 bits per heavy atom. The van der Waals surface area contributed by atoms with Crippen LogP contribution in [0.1, 0.15) is 20.7 Å². The third-order valence-electron chi connectivity index (χ3n) is 4.50. The van der Waals surface area contributed by atoms with Crippen molar-refractivity contribution in [3.8, 4) is 11.5 Å². The molecule has 4 aromatic carbocycles. The highest BCUT2D eigenvalue weighted by atomic mass is 16.5. The number of nitrogens with zero attached hydrogens (tertiary/aromatic N) is 2. The van der Waals surface area contributed by atoms with E-state index in [-0.39, 0.29) is 22.9 Å². The molecule has 0 amide bonds. The molecule has 0 fully saturated rings. The van der Waals surface area contributed by atoms with Crippen LogP contribution < -0.4 is 9.47 Å². The number of azo groups is 1. The van der Waals surface area contributed by atoms with Crippen molar-refractivity contribution in [1.82, 2.24) is 0 Å². The van der Waals surface area contributed by atoms with Crippen LogP contribution in [0.3, 0.4) is 0 Å². The molecule has 0 spiro atoms. The van der Waals surface area contributed by atoms with E-state index < -0.39 is 11.9 Å². The molecule has 0 heterocycles. The molecule has 33 heavy (non-hydrogen) atoms. The average Bonchev–Trinajstić information content (AvgIpc) is 2.85. The lowest BCUT2D eigenvalue weighted by atomic mass is 10.2. The van der Waals surface area contributed by atoms with Crippen molar-refractivity contribution in [2.45, 2.75) is 0 Å². The van der Waals surface area contributed by atoms with Crippen LogP contribution in [0.4, 0.5) is 11.4 Å². The van der Waals surface area contributed by atoms with Gasteiger partial charge in [0.1, 0.15) is 17.2 Å². The van der Waals surface area contributed by atoms with Gasteiger partial charge in [0, 0.05) is 17.2 Å². The number of hydrogen-bond acceptors (Lipinski definition) is 6. The molecule has 4 aromatic rings. The van der Waals surface area contributed by atoms with Gasteiger partial charge in [-0.25, -0.2) is 9.59 Å². The first-order valence-corrected chi connectivity index (χ1v) is 10.0. The molecule has 7 heteroatoms. The maximum atomic E-state index is 12.6. The van der Waals surface area contributed by atoms with Crippen LogP contribution in [-0.4, -0.2) is 16.8 Å². The number of esters is 2. The topological polar surface area (TPSA) is 91.0 Å². The standard InChI is InChI=1S/C26H18N2O5/c29-25(19-9-3-1-4-10-19)32-23-15-7-13-21(17-23)27-28(31)22-14-8-16-24(18-22)33-26(30)20-11-5-2-6-12-20/h1-18H. The zero-order valence-corrected chi connectivity index (χ0v) is 17.3. The van der Waals surface area contributed by atoms with Crippen LogP contribution in [0, 0.1) is 5.21 Å². The normalized spacial score (nSPS) is 11.0. The van der Waals surface area contributed by atoms with Crippen LogP contribution in [0.2, 0.25) is 0 Å². The average molecular weight is 438 g/mol. The van der Waals surface area contributed by atoms with Gasteiger partial charge < -0.3 is 14.7 Å². The molecule has 0 radical (unpaired) electrons. The minimum Gasteiger partial charge on any atom is -0.594 e. The molecule has 162 valence electrons. The van der Waals surface area contributed by atoms with Gasteiger partial charge in [-0.15, -0.1) is 0 Å². The smallest absolute Gasteiger partial charge is 0.343 e. The second-order valence-corrected chi connectivity index (χ2v) is 6.88. The Balaban J connectivity index is 1.48. The van der Waals surface area contributed by atoms with Crippen molar-refractivity contribution >= 4 is 23.3 Å². The van der Waals surface area contributed by atoms with Crippen molar-refractivity contribution in [3.05, 3.63) is 126 Å². The highest BCUT2D eigenvalue weighted by Gasteiger charge is 2.12. The molecule has 0 saturated carbocycles. The van der Waals surface area contributed by atoms with E-state index >= 15 is 0 Å². The minimum atomic E-state index is -0.532. The molecule has 0 atom stereocenters. The number of benzene rings is 4. The Morgan fingerprint density at radius 2 is 1.15 bits per heavy atom. The second kappa shape index (κ2) is 10.0. The van der Waals surface area contributed by atoms with E-state index in [2.05, 4.69) is 5.11 Å². The summed E-state index contributed by atoms with van der Waals surface area (Å²) in [7, 11) is 0. The van der Waals surface area contributed by atoms with Crippen molar-refractivity contribution in [2.24, 2.45) is 5.11 Å². The molecule has 0 unspecified atom stereocenters. The molecule has 0 aromatic heterocycles. The Morgan fingerprint density at radius 1 is 0.636 bits per heavy atom. The Hall–Kier alpha value is -4.78. The number of hydrogen-bond donors (Lipinski definition) is 0. The summed E-state index contributed by atoms with van der Waals surface area (Å²) in [4.78, 5) is 24.9. The zero-order valence-electron chi connectivity index (χ0n) is 17.3. The van der Waals surface area contributed by atoms with E-state index in [1.54, 1.807) is 91.0 Å². The van der Waals surface area contributed by atoms with Crippen molar-refractivity contribution < 1.29 is 23.9 Å². The van der Waals surface area contributed by atoms with E-state index in [4.69, 9.17) is 9.47 Å². The Labute approximate surface area is 189 Å². The minimum absolute atomic E-state index is 0.167. The summed E-state index contributed by atoms with van der Waals surface area (Å²) in [6, 6.07) is 29.5. The highest BCUT2D eigenvalue weighted by Crippen LogP contribution is 2.25.